The Labute approximate surface area is 283 Å². The zero-order chi connectivity index (χ0) is 35.8. The number of hydrogen-bond donors (Lipinski definition) is 0. The molecule has 0 aromatic carbocycles. The predicted molar refractivity (Wildman–Crippen MR) is 147 cm³/mol. The van der Waals surface area contributed by atoms with Crippen LogP contribution in [0.1, 0.15) is 6.92 Å². The average Bonchev–Trinajstić information content (AvgIpc) is 2.78. The number of hydrogen-bond acceptors (Lipinski definition) is 13. The van der Waals surface area contributed by atoms with Crippen molar-refractivity contribution < 1.29 is 74.8 Å². The minimum atomic E-state index is -4.94. The third-order valence-electron chi connectivity index (χ3n) is 4.41. The molecular formula is C23H51Cl2CuN11O8. The Bertz CT molecular complexity index is 729. The van der Waals surface area contributed by atoms with Crippen molar-refractivity contribution in [2.45, 2.75) is 6.92 Å². The SMILES string of the molecule is CC#N.CN(C)C(=NCCN(CCN=C(N(C)C)N(C)C)CCN=C(N(C)C)N(C)C)N(C)C.[Cu+2].[O-][Cl+3]([O-])([O-])[O-].[O-][Cl+3]([O-])([O-])[O-]. The average molecular weight is 744 g/mol. The molecule has 0 rings (SSSR count). The molecule has 0 aliphatic carbocycles. The molecule has 1 radical (unpaired) electrons. The maximum atomic E-state index is 8.49. The summed E-state index contributed by atoms with van der Waals surface area (Å²) in [6, 6.07) is 1.75. The van der Waals surface area contributed by atoms with Crippen molar-refractivity contribution in [3.63, 3.8) is 0 Å². The molecule has 0 N–H and O–H groups in total. The van der Waals surface area contributed by atoms with Crippen molar-refractivity contribution in [1.82, 2.24) is 34.3 Å². The molecule has 0 bridgehead atoms. The maximum absolute atomic E-state index is 8.49. The van der Waals surface area contributed by atoms with E-state index in [9.17, 15) is 0 Å². The van der Waals surface area contributed by atoms with Crippen molar-refractivity contribution in [2.24, 2.45) is 15.0 Å². The van der Waals surface area contributed by atoms with E-state index in [4.69, 9.17) is 57.5 Å². The van der Waals surface area contributed by atoms with Gasteiger partial charge in [0.15, 0.2) is 17.9 Å². The van der Waals surface area contributed by atoms with Crippen molar-refractivity contribution in [1.29, 1.82) is 5.26 Å². The molecule has 0 amide bonds. The van der Waals surface area contributed by atoms with E-state index in [-0.39, 0.29) is 17.1 Å². The van der Waals surface area contributed by atoms with E-state index in [0.29, 0.717) is 0 Å². The molecule has 0 aliphatic heterocycles. The van der Waals surface area contributed by atoms with Crippen molar-refractivity contribution >= 4 is 17.9 Å². The van der Waals surface area contributed by atoms with E-state index < -0.39 is 20.5 Å². The molecule has 0 heterocycles. The number of nitrogens with zero attached hydrogens (tertiary/aromatic N) is 11. The Hall–Kier alpha value is -1.96. The fourth-order valence-electron chi connectivity index (χ4n) is 3.26. The summed E-state index contributed by atoms with van der Waals surface area (Å²) < 4.78 is 67.9. The van der Waals surface area contributed by atoms with E-state index in [2.05, 4.69) is 4.90 Å². The van der Waals surface area contributed by atoms with E-state index in [0.717, 1.165) is 57.1 Å². The summed E-state index contributed by atoms with van der Waals surface area (Å²) >= 11 is 0. The third-order valence-corrected chi connectivity index (χ3v) is 4.41. The Morgan fingerprint density at radius 1 is 0.489 bits per heavy atom. The van der Waals surface area contributed by atoms with Crippen LogP contribution >= 0.6 is 0 Å². The second kappa shape index (κ2) is 28.3. The van der Waals surface area contributed by atoms with Gasteiger partial charge in [0, 0.05) is 111 Å². The smallest absolute Gasteiger partial charge is 0.349 e. The fourth-order valence-corrected chi connectivity index (χ4v) is 3.26. The van der Waals surface area contributed by atoms with Gasteiger partial charge in [0.05, 0.1) is 25.7 Å². The largest absolute Gasteiger partial charge is 2.00 e. The number of rotatable bonds is 9. The second-order valence-electron chi connectivity index (χ2n) is 9.73. The van der Waals surface area contributed by atoms with Crippen LogP contribution in [0.3, 0.4) is 0 Å². The molecule has 0 aromatic rings. The molecule has 0 saturated carbocycles. The Morgan fingerprint density at radius 3 is 0.733 bits per heavy atom. The molecule has 0 aromatic heterocycles. The van der Waals surface area contributed by atoms with E-state index in [1.165, 1.54) is 6.92 Å². The van der Waals surface area contributed by atoms with Gasteiger partial charge in [0.2, 0.25) is 0 Å². The molecule has 271 valence electrons. The summed E-state index contributed by atoms with van der Waals surface area (Å²) in [5, 5.41) is 7.32. The maximum Gasteiger partial charge on any atom is 2.00 e. The quantitative estimate of drug-likeness (QED) is 0.120. The zero-order valence-electron chi connectivity index (χ0n) is 28.5. The van der Waals surface area contributed by atoms with Gasteiger partial charge in [-0.25, -0.2) is 37.3 Å². The summed E-state index contributed by atoms with van der Waals surface area (Å²) in [6.45, 7) is 6.25. The summed E-state index contributed by atoms with van der Waals surface area (Å²) in [6.07, 6.45) is 0. The van der Waals surface area contributed by atoms with Crippen LogP contribution in [0.4, 0.5) is 0 Å². The summed E-state index contributed by atoms with van der Waals surface area (Å²) in [4.78, 5) is 29.0. The Morgan fingerprint density at radius 2 is 0.622 bits per heavy atom. The van der Waals surface area contributed by atoms with Crippen LogP contribution in [0.2, 0.25) is 0 Å². The Balaban J connectivity index is -0.000000319. The van der Waals surface area contributed by atoms with Crippen molar-refractivity contribution in [3.8, 4) is 6.07 Å². The van der Waals surface area contributed by atoms with Gasteiger partial charge < -0.3 is 29.4 Å². The topological polar surface area (TPSA) is 268 Å². The third kappa shape index (κ3) is 42.0. The summed E-state index contributed by atoms with van der Waals surface area (Å²) in [5.41, 5.74) is 0. The van der Waals surface area contributed by atoms with Crippen LogP contribution in [0.5, 0.6) is 0 Å². The molecule has 0 fully saturated rings. The first kappa shape index (κ1) is 52.6. The van der Waals surface area contributed by atoms with Crippen LogP contribution < -0.4 is 37.3 Å². The van der Waals surface area contributed by atoms with Gasteiger partial charge in [-0.15, -0.1) is 20.5 Å². The Kier molecular flexibility index (Phi) is 33.0. The fraction of sp³-hybridized carbons (Fsp3) is 0.826. The number of aliphatic imine (C=N–C) groups is 3. The summed E-state index contributed by atoms with van der Waals surface area (Å²) in [5.74, 6) is 2.92. The van der Waals surface area contributed by atoms with Gasteiger partial charge in [-0.05, 0) is 0 Å². The van der Waals surface area contributed by atoms with E-state index in [1.807, 2.05) is 114 Å². The number of nitriles is 1. The molecule has 0 atom stereocenters. The van der Waals surface area contributed by atoms with Crippen molar-refractivity contribution in [2.75, 3.05) is 124 Å². The molecular weight excluding hydrogens is 693 g/mol. The first-order valence-electron chi connectivity index (χ1n) is 12.7. The predicted octanol–water partition coefficient (Wildman–Crippen LogP) is -9.26. The van der Waals surface area contributed by atoms with Crippen LogP contribution in [0, 0.1) is 31.8 Å². The minimum absolute atomic E-state index is 0. The first-order chi connectivity index (χ1) is 19.8. The van der Waals surface area contributed by atoms with Gasteiger partial charge >= 0.3 is 17.1 Å². The van der Waals surface area contributed by atoms with E-state index >= 15 is 0 Å². The first-order valence-corrected chi connectivity index (χ1v) is 15.2. The van der Waals surface area contributed by atoms with Gasteiger partial charge in [-0.1, -0.05) is 0 Å². The second-order valence-corrected chi connectivity index (χ2v) is 11.2. The van der Waals surface area contributed by atoms with Gasteiger partial charge in [-0.2, -0.15) is 5.26 Å². The zero-order valence-corrected chi connectivity index (χ0v) is 30.9. The molecule has 45 heavy (non-hydrogen) atoms. The standard InChI is InChI=1S/C21H48N10.C2H3N.2ClHO4.Cu/c1-25(2)19(26(3)4)22-13-16-31(17-14-23-20(27(5)6)28(7)8)18-15-24-21(29(9)10)30(11)12;1-2-3;2*2-1(3,4)5;/h13-18H2,1-12H3;1H3;2*(H,2,3,4,5);/q;;;;+2/p-2. The normalized spacial score (nSPS) is 9.98. The summed E-state index contributed by atoms with van der Waals surface area (Å²) in [7, 11) is 14.4. The molecule has 0 aliphatic rings. The number of halogens is 2. The van der Waals surface area contributed by atoms with Crippen LogP contribution in [0.25, 0.3) is 0 Å². The van der Waals surface area contributed by atoms with Crippen molar-refractivity contribution in [3.05, 3.63) is 0 Å². The minimum Gasteiger partial charge on any atom is -0.349 e. The van der Waals surface area contributed by atoms with Gasteiger partial charge in [0.25, 0.3) is 0 Å². The van der Waals surface area contributed by atoms with Gasteiger partial charge in [0.1, 0.15) is 0 Å². The molecule has 19 nitrogen and oxygen atoms in total. The number of guanidine groups is 3. The van der Waals surface area contributed by atoms with Crippen LogP contribution in [-0.4, -0.2) is 176 Å². The van der Waals surface area contributed by atoms with Gasteiger partial charge in [-0.3, -0.25) is 19.9 Å². The molecule has 0 saturated heterocycles. The van der Waals surface area contributed by atoms with Crippen LogP contribution in [0.15, 0.2) is 15.0 Å². The molecule has 0 spiro atoms. The molecule has 22 heteroatoms. The van der Waals surface area contributed by atoms with Crippen LogP contribution in [-0.2, 0) is 17.1 Å². The monoisotopic (exact) mass is 742 g/mol. The van der Waals surface area contributed by atoms with E-state index in [1.54, 1.807) is 6.07 Å². The molecule has 0 unspecified atom stereocenters.